The lowest BCUT2D eigenvalue weighted by atomic mass is 9.82. The molecule has 1 aliphatic carbocycles. The monoisotopic (exact) mass is 235 g/mol. The highest BCUT2D eigenvalue weighted by Crippen LogP contribution is 2.26. The van der Waals surface area contributed by atoms with Crippen molar-refractivity contribution in [1.29, 1.82) is 0 Å². The third-order valence-corrected chi connectivity index (χ3v) is 3.17. The molecule has 0 radical (unpaired) electrons. The van der Waals surface area contributed by atoms with E-state index < -0.39 is 5.97 Å². The Morgan fingerprint density at radius 3 is 2.47 bits per heavy atom. The van der Waals surface area contributed by atoms with Gasteiger partial charge in [-0.05, 0) is 43.0 Å². The van der Waals surface area contributed by atoms with Crippen molar-refractivity contribution in [3.63, 3.8) is 0 Å². The predicted octanol–water partition coefficient (Wildman–Crippen LogP) is 1.25. The molecule has 1 aliphatic rings. The summed E-state index contributed by atoms with van der Waals surface area (Å²) in [4.78, 5) is 10.7. The zero-order valence-corrected chi connectivity index (χ0v) is 9.60. The quantitative estimate of drug-likeness (QED) is 0.718. The van der Waals surface area contributed by atoms with Crippen molar-refractivity contribution >= 4 is 5.97 Å². The van der Waals surface area contributed by atoms with E-state index in [4.69, 9.17) is 10.2 Å². The van der Waals surface area contributed by atoms with Gasteiger partial charge in [-0.1, -0.05) is 12.1 Å². The highest BCUT2D eigenvalue weighted by atomic mass is 16.4. The normalized spacial score (nSPS) is 23.1. The Labute approximate surface area is 100 Å². The summed E-state index contributed by atoms with van der Waals surface area (Å²) in [7, 11) is 0. The molecule has 92 valence electrons. The summed E-state index contributed by atoms with van der Waals surface area (Å²) in [6, 6.07) is 6.89. The Morgan fingerprint density at radius 2 is 1.94 bits per heavy atom. The smallest absolute Gasteiger partial charge is 0.335 e. The molecule has 0 atom stereocenters. The minimum Gasteiger partial charge on any atom is -0.478 e. The molecule has 4 heteroatoms. The number of carboxylic acids is 1. The molecule has 4 nitrogen and oxygen atoms in total. The van der Waals surface area contributed by atoms with Crippen LogP contribution in [0.15, 0.2) is 24.3 Å². The average Bonchev–Trinajstić information content (AvgIpc) is 2.27. The molecule has 0 unspecified atom stereocenters. The molecule has 17 heavy (non-hydrogen) atoms. The molecular formula is C13H17NO3. The Hall–Kier alpha value is -1.39. The number of carboxylic acid groups (broad SMARTS) is 1. The van der Waals surface area contributed by atoms with Crippen molar-refractivity contribution in [2.24, 2.45) is 5.92 Å². The molecule has 2 rings (SSSR count). The first kappa shape index (κ1) is 12.1. The van der Waals surface area contributed by atoms with E-state index in [1.807, 2.05) is 12.1 Å². The molecule has 0 aromatic heterocycles. The van der Waals surface area contributed by atoms with Gasteiger partial charge in [0.25, 0.3) is 0 Å². The van der Waals surface area contributed by atoms with Crippen LogP contribution in [0.2, 0.25) is 0 Å². The topological polar surface area (TPSA) is 69.6 Å². The zero-order chi connectivity index (χ0) is 12.3. The number of carbonyl (C=O) groups is 1. The maximum Gasteiger partial charge on any atom is 0.335 e. The van der Waals surface area contributed by atoms with Gasteiger partial charge >= 0.3 is 5.97 Å². The molecule has 0 bridgehead atoms. The predicted molar refractivity (Wildman–Crippen MR) is 63.8 cm³/mol. The molecule has 0 saturated heterocycles. The Morgan fingerprint density at radius 1 is 1.29 bits per heavy atom. The van der Waals surface area contributed by atoms with Gasteiger partial charge < -0.3 is 15.5 Å². The highest BCUT2D eigenvalue weighted by molar-refractivity contribution is 5.87. The Balaban J connectivity index is 1.73. The second-order valence-corrected chi connectivity index (χ2v) is 4.62. The number of nitrogens with one attached hydrogen (secondary N) is 1. The molecule has 3 N–H and O–H groups in total. The standard InChI is InChI=1S/C13H17NO3/c15-12-5-10(6-12)8-14-7-9-1-3-11(4-2-9)13(16)17/h1-4,10,12,14-15H,5-8H2,(H,16,17). The van der Waals surface area contributed by atoms with E-state index in [2.05, 4.69) is 5.32 Å². The molecule has 0 aliphatic heterocycles. The van der Waals surface area contributed by atoms with E-state index >= 15 is 0 Å². The van der Waals surface area contributed by atoms with Gasteiger partial charge in [-0.15, -0.1) is 0 Å². The molecule has 1 aromatic carbocycles. The minimum atomic E-state index is -0.895. The number of aliphatic hydroxyl groups excluding tert-OH is 1. The largest absolute Gasteiger partial charge is 0.478 e. The zero-order valence-electron chi connectivity index (χ0n) is 9.60. The molecule has 1 saturated carbocycles. The van der Waals surface area contributed by atoms with Crippen molar-refractivity contribution in [2.45, 2.75) is 25.5 Å². The molecule has 1 aromatic rings. The average molecular weight is 235 g/mol. The van der Waals surface area contributed by atoms with Crippen LogP contribution in [-0.4, -0.2) is 28.8 Å². The summed E-state index contributed by atoms with van der Waals surface area (Å²) in [6.07, 6.45) is 1.69. The van der Waals surface area contributed by atoms with Gasteiger partial charge in [-0.25, -0.2) is 4.79 Å². The van der Waals surface area contributed by atoms with Gasteiger partial charge in [0.15, 0.2) is 0 Å². The number of benzene rings is 1. The number of aliphatic hydroxyl groups is 1. The maximum atomic E-state index is 10.7. The third kappa shape index (κ3) is 3.28. The molecule has 0 heterocycles. The van der Waals surface area contributed by atoms with Crippen LogP contribution in [-0.2, 0) is 6.54 Å². The van der Waals surface area contributed by atoms with Crippen molar-refractivity contribution in [3.8, 4) is 0 Å². The van der Waals surface area contributed by atoms with Crippen molar-refractivity contribution in [3.05, 3.63) is 35.4 Å². The maximum absolute atomic E-state index is 10.7. The molecule has 0 amide bonds. The fourth-order valence-electron chi connectivity index (χ4n) is 2.05. The summed E-state index contributed by atoms with van der Waals surface area (Å²) in [6.45, 7) is 1.66. The number of hydrogen-bond donors (Lipinski definition) is 3. The lowest BCUT2D eigenvalue weighted by molar-refractivity contribution is 0.0429. The molecular weight excluding hydrogens is 218 g/mol. The summed E-state index contributed by atoms with van der Waals surface area (Å²) < 4.78 is 0. The lowest BCUT2D eigenvalue weighted by Gasteiger charge is -2.31. The van der Waals surface area contributed by atoms with Crippen LogP contribution < -0.4 is 5.32 Å². The second-order valence-electron chi connectivity index (χ2n) is 4.62. The van der Waals surface area contributed by atoms with Gasteiger partial charge in [0, 0.05) is 6.54 Å². The second kappa shape index (κ2) is 5.29. The third-order valence-electron chi connectivity index (χ3n) is 3.17. The van der Waals surface area contributed by atoms with E-state index in [-0.39, 0.29) is 6.10 Å². The van der Waals surface area contributed by atoms with Crippen molar-refractivity contribution in [1.82, 2.24) is 5.32 Å². The first-order chi connectivity index (χ1) is 8.15. The van der Waals surface area contributed by atoms with Crippen molar-refractivity contribution in [2.75, 3.05) is 6.54 Å². The lowest BCUT2D eigenvalue weighted by Crippen LogP contribution is -2.35. The van der Waals surface area contributed by atoms with E-state index in [0.717, 1.165) is 31.5 Å². The SMILES string of the molecule is O=C(O)c1ccc(CNCC2CC(O)C2)cc1. The van der Waals surface area contributed by atoms with Crippen LogP contribution >= 0.6 is 0 Å². The van der Waals surface area contributed by atoms with Crippen LogP contribution in [0.1, 0.15) is 28.8 Å². The van der Waals surface area contributed by atoms with E-state index in [0.29, 0.717) is 11.5 Å². The first-order valence-corrected chi connectivity index (χ1v) is 5.86. The van der Waals surface area contributed by atoms with E-state index in [1.165, 1.54) is 0 Å². The minimum absolute atomic E-state index is 0.100. The summed E-state index contributed by atoms with van der Waals surface area (Å²) >= 11 is 0. The van der Waals surface area contributed by atoms with Crippen molar-refractivity contribution < 1.29 is 15.0 Å². The Kier molecular flexibility index (Phi) is 3.76. The summed E-state index contributed by atoms with van der Waals surface area (Å²) in [5.41, 5.74) is 1.39. The van der Waals surface area contributed by atoms with Gasteiger partial charge in [-0.3, -0.25) is 0 Å². The van der Waals surface area contributed by atoms with Crippen LogP contribution in [0.3, 0.4) is 0 Å². The van der Waals surface area contributed by atoms with Crippen LogP contribution in [0.25, 0.3) is 0 Å². The number of rotatable bonds is 5. The molecule has 0 spiro atoms. The fourth-order valence-corrected chi connectivity index (χ4v) is 2.05. The summed E-state index contributed by atoms with van der Waals surface area (Å²) in [5, 5.41) is 21.2. The van der Waals surface area contributed by atoms with Gasteiger partial charge in [0.05, 0.1) is 11.7 Å². The number of aromatic carboxylic acids is 1. The van der Waals surface area contributed by atoms with E-state index in [1.54, 1.807) is 12.1 Å². The first-order valence-electron chi connectivity index (χ1n) is 5.86. The van der Waals surface area contributed by atoms with Crippen LogP contribution in [0.5, 0.6) is 0 Å². The fraction of sp³-hybridized carbons (Fsp3) is 0.462. The van der Waals surface area contributed by atoms with Gasteiger partial charge in [0.2, 0.25) is 0 Å². The summed E-state index contributed by atoms with van der Waals surface area (Å²) in [5.74, 6) is -0.309. The van der Waals surface area contributed by atoms with Gasteiger partial charge in [-0.2, -0.15) is 0 Å². The highest BCUT2D eigenvalue weighted by Gasteiger charge is 2.26. The Bertz CT molecular complexity index is 382. The van der Waals surface area contributed by atoms with Crippen LogP contribution in [0, 0.1) is 5.92 Å². The number of hydrogen-bond acceptors (Lipinski definition) is 3. The van der Waals surface area contributed by atoms with Gasteiger partial charge in [0.1, 0.15) is 0 Å². The van der Waals surface area contributed by atoms with Crippen LogP contribution in [0.4, 0.5) is 0 Å². The van der Waals surface area contributed by atoms with E-state index in [9.17, 15) is 4.79 Å². The molecule has 1 fully saturated rings.